The number of hydrogen-bond acceptors (Lipinski definition) is 4. The predicted molar refractivity (Wildman–Crippen MR) is 67.5 cm³/mol. The van der Waals surface area contributed by atoms with E-state index in [0.29, 0.717) is 18.7 Å². The first-order valence-electron chi connectivity index (χ1n) is 6.43. The Morgan fingerprint density at radius 3 is 3.05 bits per heavy atom. The minimum atomic E-state index is -0.418. The number of carbonyl (C=O) groups is 2. The van der Waals surface area contributed by atoms with Gasteiger partial charge in [0.1, 0.15) is 6.26 Å². The fourth-order valence-corrected chi connectivity index (χ4v) is 2.12. The van der Waals surface area contributed by atoms with Crippen LogP contribution in [-0.4, -0.2) is 47.6 Å². The molecule has 0 aliphatic carbocycles. The third-order valence-corrected chi connectivity index (χ3v) is 3.16. The second-order valence-electron chi connectivity index (χ2n) is 4.65. The summed E-state index contributed by atoms with van der Waals surface area (Å²) >= 11 is 0. The lowest BCUT2D eigenvalue weighted by atomic mass is 10.1. The highest BCUT2D eigenvalue weighted by atomic mass is 16.3. The van der Waals surface area contributed by atoms with Crippen molar-refractivity contribution >= 4 is 11.8 Å². The van der Waals surface area contributed by atoms with Crippen molar-refractivity contribution in [1.82, 2.24) is 10.2 Å². The van der Waals surface area contributed by atoms with Crippen LogP contribution in [0.5, 0.6) is 0 Å². The number of hydrogen-bond donors (Lipinski definition) is 2. The molecule has 1 aromatic heterocycles. The molecule has 2 heterocycles. The van der Waals surface area contributed by atoms with Gasteiger partial charge < -0.3 is 19.7 Å². The first-order chi connectivity index (χ1) is 9.16. The van der Waals surface area contributed by atoms with Crippen LogP contribution in [0.4, 0.5) is 0 Å². The zero-order valence-corrected chi connectivity index (χ0v) is 10.7. The zero-order valence-electron chi connectivity index (χ0n) is 10.7. The third kappa shape index (κ3) is 3.82. The average molecular weight is 266 g/mol. The van der Waals surface area contributed by atoms with Gasteiger partial charge in [-0.3, -0.25) is 9.59 Å². The number of nitrogens with zero attached hydrogens (tertiary/aromatic N) is 1. The van der Waals surface area contributed by atoms with Crippen molar-refractivity contribution in [1.29, 1.82) is 0 Å². The van der Waals surface area contributed by atoms with Crippen molar-refractivity contribution in [3.8, 4) is 0 Å². The maximum atomic E-state index is 11.9. The van der Waals surface area contributed by atoms with Gasteiger partial charge in [-0.1, -0.05) is 0 Å². The Morgan fingerprint density at radius 2 is 2.37 bits per heavy atom. The Morgan fingerprint density at radius 1 is 1.53 bits per heavy atom. The van der Waals surface area contributed by atoms with E-state index in [0.717, 1.165) is 12.8 Å². The minimum Gasteiger partial charge on any atom is -0.472 e. The average Bonchev–Trinajstić information content (AvgIpc) is 2.92. The molecule has 1 atom stereocenters. The summed E-state index contributed by atoms with van der Waals surface area (Å²) < 4.78 is 4.81. The molecule has 0 saturated carbocycles. The maximum Gasteiger partial charge on any atom is 0.254 e. The normalized spacial score (nSPS) is 19.2. The summed E-state index contributed by atoms with van der Waals surface area (Å²) in [6.45, 7) is 1.37. The Labute approximate surface area is 111 Å². The monoisotopic (exact) mass is 266 g/mol. The third-order valence-electron chi connectivity index (χ3n) is 3.16. The smallest absolute Gasteiger partial charge is 0.254 e. The van der Waals surface area contributed by atoms with Crippen LogP contribution in [0.1, 0.15) is 29.6 Å². The van der Waals surface area contributed by atoms with E-state index in [4.69, 9.17) is 4.42 Å². The summed E-state index contributed by atoms with van der Waals surface area (Å²) in [6.07, 6.45) is 4.19. The lowest BCUT2D eigenvalue weighted by Gasteiger charge is -2.30. The Kier molecular flexibility index (Phi) is 4.57. The lowest BCUT2D eigenvalue weighted by Crippen LogP contribution is -2.43. The molecule has 0 radical (unpaired) electrons. The molecule has 1 aromatic rings. The van der Waals surface area contributed by atoms with Gasteiger partial charge in [-0.25, -0.2) is 0 Å². The summed E-state index contributed by atoms with van der Waals surface area (Å²) in [6, 6.07) is 1.57. The summed E-state index contributed by atoms with van der Waals surface area (Å²) in [7, 11) is 0. The van der Waals surface area contributed by atoms with Gasteiger partial charge in [-0.05, 0) is 18.9 Å². The molecule has 6 nitrogen and oxygen atoms in total. The molecule has 6 heteroatoms. The Bertz CT molecular complexity index is 430. The molecule has 2 rings (SSSR count). The van der Waals surface area contributed by atoms with Crippen molar-refractivity contribution in [2.24, 2.45) is 0 Å². The standard InChI is InChI=1S/C13H18N2O4/c16-11-2-1-6-15(8-11)12(17)3-5-14-13(18)10-4-7-19-9-10/h4,7,9,11,16H,1-3,5-6,8H2,(H,14,18). The number of aliphatic hydroxyl groups excluding tert-OH is 1. The second-order valence-corrected chi connectivity index (χ2v) is 4.65. The number of carbonyl (C=O) groups excluding carboxylic acids is 2. The number of furan rings is 1. The van der Waals surface area contributed by atoms with Gasteiger partial charge in [0.15, 0.2) is 0 Å². The number of piperidine rings is 1. The number of likely N-dealkylation sites (tertiary alicyclic amines) is 1. The maximum absolute atomic E-state index is 11.9. The Hall–Kier alpha value is -1.82. The van der Waals surface area contributed by atoms with Crippen LogP contribution in [0.2, 0.25) is 0 Å². The highest BCUT2D eigenvalue weighted by Crippen LogP contribution is 2.10. The van der Waals surface area contributed by atoms with Crippen LogP contribution >= 0.6 is 0 Å². The van der Waals surface area contributed by atoms with Gasteiger partial charge in [0.05, 0.1) is 17.9 Å². The van der Waals surface area contributed by atoms with Gasteiger partial charge >= 0.3 is 0 Å². The van der Waals surface area contributed by atoms with Crippen LogP contribution in [0.15, 0.2) is 23.0 Å². The van der Waals surface area contributed by atoms with Crippen LogP contribution in [0.25, 0.3) is 0 Å². The zero-order chi connectivity index (χ0) is 13.7. The fourth-order valence-electron chi connectivity index (χ4n) is 2.12. The van der Waals surface area contributed by atoms with Crippen LogP contribution < -0.4 is 5.32 Å². The molecule has 1 fully saturated rings. The molecule has 1 aliphatic rings. The topological polar surface area (TPSA) is 82.8 Å². The van der Waals surface area contributed by atoms with Crippen LogP contribution in [-0.2, 0) is 4.79 Å². The molecule has 2 amide bonds. The van der Waals surface area contributed by atoms with Gasteiger partial charge in [-0.2, -0.15) is 0 Å². The van der Waals surface area contributed by atoms with Gasteiger partial charge in [-0.15, -0.1) is 0 Å². The molecule has 1 unspecified atom stereocenters. The first-order valence-corrected chi connectivity index (χ1v) is 6.43. The predicted octanol–water partition coefficient (Wildman–Crippen LogP) is 0.383. The van der Waals surface area contributed by atoms with Crippen molar-refractivity contribution in [3.63, 3.8) is 0 Å². The molecule has 0 bridgehead atoms. The molecule has 19 heavy (non-hydrogen) atoms. The quantitative estimate of drug-likeness (QED) is 0.825. The number of nitrogens with one attached hydrogen (secondary N) is 1. The van der Waals surface area contributed by atoms with Crippen LogP contribution in [0, 0.1) is 0 Å². The van der Waals surface area contributed by atoms with E-state index in [2.05, 4.69) is 5.32 Å². The van der Waals surface area contributed by atoms with Crippen LogP contribution in [0.3, 0.4) is 0 Å². The molecule has 104 valence electrons. The van der Waals surface area contributed by atoms with Crippen molar-refractivity contribution in [2.45, 2.75) is 25.4 Å². The van der Waals surface area contributed by atoms with E-state index in [1.807, 2.05) is 0 Å². The largest absolute Gasteiger partial charge is 0.472 e. The Balaban J connectivity index is 1.70. The lowest BCUT2D eigenvalue weighted by molar-refractivity contribution is -0.134. The molecule has 0 aromatic carbocycles. The van der Waals surface area contributed by atoms with E-state index < -0.39 is 6.10 Å². The van der Waals surface area contributed by atoms with Gasteiger partial charge in [0, 0.05) is 26.1 Å². The number of amides is 2. The molecular formula is C13H18N2O4. The van der Waals surface area contributed by atoms with E-state index >= 15 is 0 Å². The highest BCUT2D eigenvalue weighted by molar-refractivity contribution is 5.94. The molecular weight excluding hydrogens is 248 g/mol. The summed E-state index contributed by atoms with van der Waals surface area (Å²) in [5, 5.41) is 12.2. The fraction of sp³-hybridized carbons (Fsp3) is 0.538. The number of rotatable bonds is 4. The summed E-state index contributed by atoms with van der Waals surface area (Å²) in [5.74, 6) is -0.286. The molecule has 2 N–H and O–H groups in total. The number of aliphatic hydroxyl groups is 1. The first kappa shape index (κ1) is 13.6. The minimum absolute atomic E-state index is 0.0359. The van der Waals surface area contributed by atoms with Crippen molar-refractivity contribution in [3.05, 3.63) is 24.2 Å². The molecule has 0 spiro atoms. The van der Waals surface area contributed by atoms with E-state index in [-0.39, 0.29) is 24.8 Å². The molecule has 1 aliphatic heterocycles. The van der Waals surface area contributed by atoms with Crippen molar-refractivity contribution < 1.29 is 19.1 Å². The van der Waals surface area contributed by atoms with E-state index in [1.54, 1.807) is 11.0 Å². The van der Waals surface area contributed by atoms with Crippen molar-refractivity contribution in [2.75, 3.05) is 19.6 Å². The van der Waals surface area contributed by atoms with E-state index in [1.165, 1.54) is 12.5 Å². The molecule has 1 saturated heterocycles. The summed E-state index contributed by atoms with van der Waals surface area (Å²) in [5.41, 5.74) is 0.445. The number of β-amino-alcohol motifs (C(OH)–C–C–N with tert-alkyl or cyclic N) is 1. The van der Waals surface area contributed by atoms with Gasteiger partial charge in [0.25, 0.3) is 5.91 Å². The second kappa shape index (κ2) is 6.38. The van der Waals surface area contributed by atoms with Gasteiger partial charge in [0.2, 0.25) is 5.91 Å². The summed E-state index contributed by atoms with van der Waals surface area (Å²) in [4.78, 5) is 25.1. The SMILES string of the molecule is O=C(NCCC(=O)N1CCCC(O)C1)c1ccoc1. The van der Waals surface area contributed by atoms with E-state index in [9.17, 15) is 14.7 Å². The highest BCUT2D eigenvalue weighted by Gasteiger charge is 2.21.